The van der Waals surface area contributed by atoms with Gasteiger partial charge in [-0.1, -0.05) is 11.6 Å². The molecular weight excluding hydrogens is 285 g/mol. The summed E-state index contributed by atoms with van der Waals surface area (Å²) in [4.78, 5) is 22.7. The number of nitrogens with zero attached hydrogens (tertiary/aromatic N) is 1. The van der Waals surface area contributed by atoms with Gasteiger partial charge in [-0.2, -0.15) is 0 Å². The van der Waals surface area contributed by atoms with E-state index in [0.29, 0.717) is 17.9 Å². The maximum Gasteiger partial charge on any atom is 0.330 e. The monoisotopic (exact) mass is 291 g/mol. The number of hydrogen-bond acceptors (Lipinski definition) is 2. The fourth-order valence-corrected chi connectivity index (χ4v) is 2.29. The SMILES string of the molecule is O=C(O)C1(n2cc(Cl)cc(Br)c2=O)CC1. The molecule has 6 heteroatoms. The predicted molar refractivity (Wildman–Crippen MR) is 58.3 cm³/mol. The van der Waals surface area contributed by atoms with E-state index in [0.717, 1.165) is 0 Å². The van der Waals surface area contributed by atoms with E-state index in [-0.39, 0.29) is 10.0 Å². The molecule has 0 atom stereocenters. The Balaban J connectivity index is 2.64. The summed E-state index contributed by atoms with van der Waals surface area (Å²) < 4.78 is 1.48. The zero-order valence-electron chi connectivity index (χ0n) is 7.54. The van der Waals surface area contributed by atoms with E-state index in [1.165, 1.54) is 16.8 Å². The summed E-state index contributed by atoms with van der Waals surface area (Å²) in [5.74, 6) is -0.987. The molecule has 1 aromatic heterocycles. The second-order valence-corrected chi connectivity index (χ2v) is 4.81. The van der Waals surface area contributed by atoms with Crippen molar-refractivity contribution in [2.45, 2.75) is 18.4 Å². The van der Waals surface area contributed by atoms with Gasteiger partial charge < -0.3 is 5.11 Å². The molecule has 80 valence electrons. The lowest BCUT2D eigenvalue weighted by Crippen LogP contribution is -2.36. The standard InChI is InChI=1S/C9H7BrClNO3/c10-6-3-5(11)4-12(7(6)13)9(1-2-9)8(14)15/h3-4H,1-2H2,(H,14,15). The van der Waals surface area contributed by atoms with Crippen molar-refractivity contribution in [3.8, 4) is 0 Å². The summed E-state index contributed by atoms with van der Waals surface area (Å²) in [5.41, 5.74) is -1.44. The predicted octanol–water partition coefficient (Wildman–Crippen LogP) is 1.84. The van der Waals surface area contributed by atoms with E-state index in [1.807, 2.05) is 0 Å². The topological polar surface area (TPSA) is 59.3 Å². The summed E-state index contributed by atoms with van der Waals surface area (Å²) in [6.07, 6.45) is 2.31. The molecule has 2 rings (SSSR count). The lowest BCUT2D eigenvalue weighted by atomic mass is 10.2. The first-order valence-corrected chi connectivity index (χ1v) is 5.46. The third kappa shape index (κ3) is 1.59. The lowest BCUT2D eigenvalue weighted by molar-refractivity contribution is -0.142. The van der Waals surface area contributed by atoms with E-state index in [9.17, 15) is 9.59 Å². The Morgan fingerprint density at radius 2 is 2.20 bits per heavy atom. The van der Waals surface area contributed by atoms with Crippen molar-refractivity contribution in [1.82, 2.24) is 4.57 Å². The summed E-state index contributed by atoms with van der Waals surface area (Å²) in [5, 5.41) is 9.39. The summed E-state index contributed by atoms with van der Waals surface area (Å²) in [7, 11) is 0. The van der Waals surface area contributed by atoms with Gasteiger partial charge >= 0.3 is 5.97 Å². The maximum absolute atomic E-state index is 11.7. The Labute approximate surface area is 98.6 Å². The first-order chi connectivity index (χ1) is 6.97. The third-order valence-electron chi connectivity index (χ3n) is 2.52. The van der Waals surface area contributed by atoms with Gasteiger partial charge in [0.05, 0.1) is 9.50 Å². The molecule has 15 heavy (non-hydrogen) atoms. The summed E-state index contributed by atoms with van der Waals surface area (Å²) in [6, 6.07) is 1.46. The first kappa shape index (κ1) is 10.7. The molecule has 1 aromatic rings. The third-order valence-corrected chi connectivity index (χ3v) is 3.30. The fraction of sp³-hybridized carbons (Fsp3) is 0.333. The highest BCUT2D eigenvalue weighted by atomic mass is 79.9. The number of pyridine rings is 1. The van der Waals surface area contributed by atoms with E-state index < -0.39 is 11.5 Å². The van der Waals surface area contributed by atoms with Crippen LogP contribution >= 0.6 is 27.5 Å². The summed E-state index contributed by atoms with van der Waals surface area (Å²) >= 11 is 8.83. The minimum Gasteiger partial charge on any atom is -0.479 e. The average Bonchev–Trinajstić information content (AvgIpc) is 2.91. The van der Waals surface area contributed by atoms with Gasteiger partial charge in [0.2, 0.25) is 0 Å². The highest BCUT2D eigenvalue weighted by Crippen LogP contribution is 2.43. The van der Waals surface area contributed by atoms with Gasteiger partial charge in [0.25, 0.3) is 5.56 Å². The largest absolute Gasteiger partial charge is 0.479 e. The maximum atomic E-state index is 11.7. The normalized spacial score (nSPS) is 17.5. The molecule has 4 nitrogen and oxygen atoms in total. The smallest absolute Gasteiger partial charge is 0.330 e. The van der Waals surface area contributed by atoms with E-state index >= 15 is 0 Å². The molecule has 1 N–H and O–H groups in total. The van der Waals surface area contributed by atoms with Gasteiger partial charge in [0, 0.05) is 6.20 Å². The quantitative estimate of drug-likeness (QED) is 0.905. The van der Waals surface area contributed by atoms with Gasteiger partial charge in [-0.25, -0.2) is 4.79 Å². The van der Waals surface area contributed by atoms with Crippen LogP contribution in [0.15, 0.2) is 21.5 Å². The second-order valence-electron chi connectivity index (χ2n) is 3.52. The molecule has 1 fully saturated rings. The number of carbonyl (C=O) groups is 1. The van der Waals surface area contributed by atoms with E-state index in [4.69, 9.17) is 16.7 Å². The van der Waals surface area contributed by atoms with Crippen molar-refractivity contribution < 1.29 is 9.90 Å². The van der Waals surface area contributed by atoms with Crippen LogP contribution < -0.4 is 5.56 Å². The molecule has 0 spiro atoms. The van der Waals surface area contributed by atoms with Crippen LogP contribution in [0.3, 0.4) is 0 Å². The molecule has 0 aromatic carbocycles. The molecule has 0 unspecified atom stereocenters. The van der Waals surface area contributed by atoms with E-state index in [1.54, 1.807) is 0 Å². The molecular formula is C9H7BrClNO3. The molecule has 0 aliphatic heterocycles. The highest BCUT2D eigenvalue weighted by Gasteiger charge is 2.53. The average molecular weight is 293 g/mol. The molecule has 0 saturated heterocycles. The molecule has 0 bridgehead atoms. The lowest BCUT2D eigenvalue weighted by Gasteiger charge is -2.14. The number of carboxylic acids is 1. The first-order valence-electron chi connectivity index (χ1n) is 4.29. The molecule has 1 aliphatic carbocycles. The van der Waals surface area contributed by atoms with Crippen LogP contribution in [0.5, 0.6) is 0 Å². The van der Waals surface area contributed by atoms with Crippen molar-refractivity contribution in [3.05, 3.63) is 32.1 Å². The van der Waals surface area contributed by atoms with Crippen LogP contribution in [0, 0.1) is 0 Å². The van der Waals surface area contributed by atoms with Gasteiger partial charge in [0.15, 0.2) is 0 Å². The number of aromatic nitrogens is 1. The van der Waals surface area contributed by atoms with Gasteiger partial charge in [-0.3, -0.25) is 9.36 Å². The van der Waals surface area contributed by atoms with Gasteiger partial charge in [0.1, 0.15) is 5.54 Å². The Bertz CT molecular complexity index is 493. The van der Waals surface area contributed by atoms with Crippen molar-refractivity contribution in [1.29, 1.82) is 0 Å². The summed E-state index contributed by atoms with van der Waals surface area (Å²) in [6.45, 7) is 0. The minimum absolute atomic E-state index is 0.280. The molecule has 1 aliphatic rings. The van der Waals surface area contributed by atoms with Crippen molar-refractivity contribution in [2.24, 2.45) is 0 Å². The fourth-order valence-electron chi connectivity index (χ4n) is 1.51. The Kier molecular flexibility index (Phi) is 2.39. The second kappa shape index (κ2) is 3.35. The number of aliphatic carboxylic acids is 1. The Morgan fingerprint density at radius 1 is 1.60 bits per heavy atom. The van der Waals surface area contributed by atoms with Crippen molar-refractivity contribution >= 4 is 33.5 Å². The van der Waals surface area contributed by atoms with Crippen LogP contribution in [0.25, 0.3) is 0 Å². The van der Waals surface area contributed by atoms with Crippen LogP contribution in [0.4, 0.5) is 0 Å². The van der Waals surface area contributed by atoms with Crippen LogP contribution in [-0.4, -0.2) is 15.6 Å². The van der Waals surface area contributed by atoms with Crippen LogP contribution in [0.1, 0.15) is 12.8 Å². The van der Waals surface area contributed by atoms with Gasteiger partial charge in [-0.15, -0.1) is 0 Å². The molecule has 1 heterocycles. The Hall–Kier alpha value is -0.810. The zero-order chi connectivity index (χ0) is 11.2. The number of hydrogen-bond donors (Lipinski definition) is 1. The zero-order valence-corrected chi connectivity index (χ0v) is 9.88. The molecule has 0 amide bonds. The Morgan fingerprint density at radius 3 is 2.67 bits per heavy atom. The molecule has 0 radical (unpaired) electrons. The van der Waals surface area contributed by atoms with Crippen molar-refractivity contribution in [3.63, 3.8) is 0 Å². The van der Waals surface area contributed by atoms with Gasteiger partial charge in [-0.05, 0) is 34.8 Å². The number of rotatable bonds is 2. The van der Waals surface area contributed by atoms with E-state index in [2.05, 4.69) is 15.9 Å². The van der Waals surface area contributed by atoms with Crippen molar-refractivity contribution in [2.75, 3.05) is 0 Å². The highest BCUT2D eigenvalue weighted by molar-refractivity contribution is 9.10. The number of halogens is 2. The van der Waals surface area contributed by atoms with Crippen LogP contribution in [-0.2, 0) is 10.3 Å². The molecule has 1 saturated carbocycles. The minimum atomic E-state index is -1.08. The van der Waals surface area contributed by atoms with Crippen LogP contribution in [0.2, 0.25) is 5.02 Å². The number of carboxylic acid groups (broad SMARTS) is 1.